The summed E-state index contributed by atoms with van der Waals surface area (Å²) in [6.45, 7) is 3.56. The van der Waals surface area contributed by atoms with E-state index in [1.54, 1.807) is 6.92 Å². The molecule has 0 aliphatic carbocycles. The molecule has 1 saturated heterocycles. The lowest BCUT2D eigenvalue weighted by atomic mass is 10.1. The largest absolute Gasteiger partial charge is 1.00 e. The van der Waals surface area contributed by atoms with Crippen LogP contribution in [0.5, 0.6) is 0 Å². The predicted octanol–water partition coefficient (Wildman–Crippen LogP) is -2.93. The summed E-state index contributed by atoms with van der Waals surface area (Å²) >= 11 is 0. The predicted molar refractivity (Wildman–Crippen MR) is 58.3 cm³/mol. The molecule has 0 aromatic heterocycles. The van der Waals surface area contributed by atoms with E-state index in [4.69, 9.17) is 0 Å². The van der Waals surface area contributed by atoms with E-state index >= 15 is 0 Å². The van der Waals surface area contributed by atoms with Gasteiger partial charge in [0.15, 0.2) is 6.17 Å². The Morgan fingerprint density at radius 3 is 2.56 bits per heavy atom. The molecule has 4 heteroatoms. The number of rotatable bonds is 1. The highest BCUT2D eigenvalue weighted by molar-refractivity contribution is 5.63. The second-order valence-electron chi connectivity index (χ2n) is 4.13. The van der Waals surface area contributed by atoms with Crippen LogP contribution >= 0.6 is 0 Å². The molecule has 16 heavy (non-hydrogen) atoms. The molecule has 1 aliphatic heterocycles. The molecule has 88 valence electrons. The highest BCUT2D eigenvalue weighted by Gasteiger charge is 2.37. The summed E-state index contributed by atoms with van der Waals surface area (Å²) in [5, 5.41) is 0. The molecule has 0 spiro atoms. The fourth-order valence-corrected chi connectivity index (χ4v) is 2.29. The summed E-state index contributed by atoms with van der Waals surface area (Å²) in [5.74, 6) is 0.230. The van der Waals surface area contributed by atoms with Gasteiger partial charge in [-0.3, -0.25) is 4.90 Å². The van der Waals surface area contributed by atoms with Crippen LogP contribution in [0.25, 0.3) is 0 Å². The molecular formula is C12H17IN2O. The SMILES string of the molecule is CC(=O)[NH+]1CCN(C)C1c1ccccc1.[I-]. The van der Waals surface area contributed by atoms with Gasteiger partial charge in [-0.1, -0.05) is 30.3 Å². The first-order valence-electron chi connectivity index (χ1n) is 5.32. The number of likely N-dealkylation sites (N-methyl/N-ethyl adjacent to an activating group) is 1. The van der Waals surface area contributed by atoms with E-state index in [0.29, 0.717) is 0 Å². The number of benzene rings is 1. The van der Waals surface area contributed by atoms with Crippen molar-refractivity contribution in [2.75, 3.05) is 20.1 Å². The van der Waals surface area contributed by atoms with E-state index in [9.17, 15) is 4.79 Å². The molecule has 0 bridgehead atoms. The summed E-state index contributed by atoms with van der Waals surface area (Å²) in [6.07, 6.45) is 0.198. The van der Waals surface area contributed by atoms with Gasteiger partial charge in [0.1, 0.15) is 0 Å². The molecule has 0 saturated carbocycles. The number of quaternary nitrogens is 1. The smallest absolute Gasteiger partial charge is 0.310 e. The van der Waals surface area contributed by atoms with E-state index in [0.717, 1.165) is 18.0 Å². The first kappa shape index (κ1) is 13.6. The third-order valence-electron chi connectivity index (χ3n) is 3.07. The second-order valence-corrected chi connectivity index (χ2v) is 4.13. The van der Waals surface area contributed by atoms with Gasteiger partial charge in [-0.05, 0) is 7.05 Å². The first-order chi connectivity index (χ1) is 7.20. The van der Waals surface area contributed by atoms with Crippen LogP contribution in [0.2, 0.25) is 0 Å². The lowest BCUT2D eigenvalue weighted by Gasteiger charge is -2.22. The fourth-order valence-electron chi connectivity index (χ4n) is 2.29. The normalized spacial score (nSPS) is 25.1. The molecule has 1 aliphatic rings. The van der Waals surface area contributed by atoms with Crippen LogP contribution in [0.3, 0.4) is 0 Å². The maximum atomic E-state index is 11.5. The maximum Gasteiger partial charge on any atom is 0.310 e. The molecule has 1 heterocycles. The molecule has 2 unspecified atom stereocenters. The molecule has 2 atom stereocenters. The number of hydrogen-bond acceptors (Lipinski definition) is 2. The standard InChI is InChI=1S/C12H16N2O.HI/c1-10(15)14-9-8-13(2)12(14)11-6-4-3-5-7-11;/h3-7,12H,8-9H2,1-2H3;1H. The summed E-state index contributed by atoms with van der Waals surface area (Å²) in [7, 11) is 2.08. The minimum Gasteiger partial charge on any atom is -1.00 e. The van der Waals surface area contributed by atoms with Crippen LogP contribution in [-0.2, 0) is 4.79 Å². The van der Waals surface area contributed by atoms with E-state index in [1.807, 2.05) is 18.2 Å². The Balaban J connectivity index is 0.00000128. The van der Waals surface area contributed by atoms with Gasteiger partial charge in [-0.15, -0.1) is 0 Å². The Morgan fingerprint density at radius 2 is 2.00 bits per heavy atom. The Bertz CT molecular complexity index is 355. The fraction of sp³-hybridized carbons (Fsp3) is 0.417. The van der Waals surface area contributed by atoms with E-state index in [-0.39, 0.29) is 36.0 Å². The first-order valence-corrected chi connectivity index (χ1v) is 5.32. The Hall–Kier alpha value is -0.460. The molecule has 3 nitrogen and oxygen atoms in total. The lowest BCUT2D eigenvalue weighted by molar-refractivity contribution is -0.846. The number of hydrogen-bond donors (Lipinski definition) is 1. The van der Waals surface area contributed by atoms with Crippen molar-refractivity contribution in [3.8, 4) is 0 Å². The lowest BCUT2D eigenvalue weighted by Crippen LogP contribution is -3.13. The number of nitrogens with one attached hydrogen (secondary N) is 1. The molecule has 1 fully saturated rings. The van der Waals surface area contributed by atoms with Gasteiger partial charge >= 0.3 is 5.91 Å². The minimum absolute atomic E-state index is 0. The molecule has 1 aromatic carbocycles. The van der Waals surface area contributed by atoms with Crippen LogP contribution in [0.1, 0.15) is 18.7 Å². The summed E-state index contributed by atoms with van der Waals surface area (Å²) in [6, 6.07) is 10.2. The number of carbonyl (C=O) groups is 1. The van der Waals surface area contributed by atoms with E-state index in [1.165, 1.54) is 5.56 Å². The number of nitrogens with zero attached hydrogens (tertiary/aromatic N) is 1. The second kappa shape index (κ2) is 5.75. The summed E-state index contributed by atoms with van der Waals surface area (Å²) in [5.41, 5.74) is 1.22. The van der Waals surface area contributed by atoms with Gasteiger partial charge in [-0.25, -0.2) is 9.69 Å². The Morgan fingerprint density at radius 1 is 1.38 bits per heavy atom. The van der Waals surface area contributed by atoms with Gasteiger partial charge in [0, 0.05) is 5.56 Å². The van der Waals surface area contributed by atoms with Crippen LogP contribution in [-0.4, -0.2) is 30.9 Å². The van der Waals surface area contributed by atoms with Crippen molar-refractivity contribution >= 4 is 5.91 Å². The zero-order valence-electron chi connectivity index (χ0n) is 9.61. The summed E-state index contributed by atoms with van der Waals surface area (Å²) < 4.78 is 0. The van der Waals surface area contributed by atoms with Crippen LogP contribution in [0.15, 0.2) is 30.3 Å². The van der Waals surface area contributed by atoms with Crippen molar-refractivity contribution in [3.63, 3.8) is 0 Å². The zero-order chi connectivity index (χ0) is 10.8. The van der Waals surface area contributed by atoms with Gasteiger partial charge < -0.3 is 24.0 Å². The highest BCUT2D eigenvalue weighted by Crippen LogP contribution is 2.15. The van der Waals surface area contributed by atoms with Crippen LogP contribution < -0.4 is 28.9 Å². The molecule has 1 aromatic rings. The number of halogens is 1. The quantitative estimate of drug-likeness (QED) is 0.557. The zero-order valence-corrected chi connectivity index (χ0v) is 11.8. The number of carbonyl (C=O) groups excluding carboxylic acids is 1. The van der Waals surface area contributed by atoms with Gasteiger partial charge in [0.05, 0.1) is 20.0 Å². The minimum atomic E-state index is 0. The van der Waals surface area contributed by atoms with E-state index in [2.05, 4.69) is 24.1 Å². The van der Waals surface area contributed by atoms with Crippen molar-refractivity contribution in [2.24, 2.45) is 0 Å². The van der Waals surface area contributed by atoms with Gasteiger partial charge in [-0.2, -0.15) is 0 Å². The maximum absolute atomic E-state index is 11.5. The molecule has 1 amide bonds. The average molecular weight is 332 g/mol. The highest BCUT2D eigenvalue weighted by atomic mass is 127. The number of amides is 1. The van der Waals surface area contributed by atoms with Crippen molar-refractivity contribution in [3.05, 3.63) is 35.9 Å². The average Bonchev–Trinajstić information content (AvgIpc) is 2.61. The van der Waals surface area contributed by atoms with Crippen molar-refractivity contribution in [1.82, 2.24) is 4.90 Å². The van der Waals surface area contributed by atoms with Crippen LogP contribution in [0, 0.1) is 0 Å². The molecule has 0 radical (unpaired) electrons. The third-order valence-corrected chi connectivity index (χ3v) is 3.07. The molecular weight excluding hydrogens is 315 g/mol. The van der Waals surface area contributed by atoms with Crippen molar-refractivity contribution in [2.45, 2.75) is 13.1 Å². The van der Waals surface area contributed by atoms with Crippen LogP contribution in [0.4, 0.5) is 0 Å². The van der Waals surface area contributed by atoms with Crippen molar-refractivity contribution < 1.29 is 33.7 Å². The summed E-state index contributed by atoms with van der Waals surface area (Å²) in [4.78, 5) is 14.8. The monoisotopic (exact) mass is 332 g/mol. The molecule has 2 rings (SSSR count). The molecule has 1 N–H and O–H groups in total. The Kier molecular flexibility index (Phi) is 4.89. The third kappa shape index (κ3) is 2.61. The topological polar surface area (TPSA) is 24.8 Å². The van der Waals surface area contributed by atoms with E-state index < -0.39 is 0 Å². The van der Waals surface area contributed by atoms with Gasteiger partial charge in [0.2, 0.25) is 0 Å². The Labute approximate surface area is 113 Å². The van der Waals surface area contributed by atoms with Crippen molar-refractivity contribution in [1.29, 1.82) is 0 Å². The van der Waals surface area contributed by atoms with Gasteiger partial charge in [0.25, 0.3) is 0 Å².